The van der Waals surface area contributed by atoms with E-state index in [1.807, 2.05) is 6.07 Å². The molecule has 1 rings (SSSR count). The number of rotatable bonds is 2. The maximum Gasteiger partial charge on any atom is 0.335 e. The number of carboxylic acid groups (broad SMARTS) is 1. The fourth-order valence-corrected chi connectivity index (χ4v) is 1.33. The van der Waals surface area contributed by atoms with Crippen LogP contribution in [0.1, 0.15) is 21.5 Å². The lowest BCUT2D eigenvalue weighted by atomic mass is 10.1. The molecule has 14 heavy (non-hydrogen) atoms. The van der Waals surface area contributed by atoms with Crippen LogP contribution in [0.4, 0.5) is 0 Å². The van der Waals surface area contributed by atoms with E-state index in [2.05, 4.69) is 12.6 Å². The molecule has 0 aliphatic heterocycles. The van der Waals surface area contributed by atoms with Crippen LogP contribution in [0.5, 0.6) is 0 Å². The van der Waals surface area contributed by atoms with Gasteiger partial charge in [-0.15, -0.1) is 12.6 Å². The molecule has 0 radical (unpaired) electrons. The van der Waals surface area contributed by atoms with Crippen LogP contribution in [0.2, 0.25) is 0 Å². The Bertz CT molecular complexity index is 424. The van der Waals surface area contributed by atoms with Crippen molar-refractivity contribution in [2.24, 2.45) is 5.73 Å². The van der Waals surface area contributed by atoms with Crippen molar-refractivity contribution in [2.45, 2.75) is 11.4 Å². The van der Waals surface area contributed by atoms with Gasteiger partial charge >= 0.3 is 5.97 Å². The first-order chi connectivity index (χ1) is 6.60. The first-order valence-electron chi connectivity index (χ1n) is 3.79. The summed E-state index contributed by atoms with van der Waals surface area (Å²) in [4.78, 5) is 11.1. The van der Waals surface area contributed by atoms with E-state index < -0.39 is 5.97 Å². The van der Waals surface area contributed by atoms with Gasteiger partial charge in [-0.3, -0.25) is 0 Å². The number of benzene rings is 1. The van der Waals surface area contributed by atoms with E-state index in [1.54, 1.807) is 0 Å². The van der Waals surface area contributed by atoms with Gasteiger partial charge in [0.1, 0.15) is 6.07 Å². The van der Waals surface area contributed by atoms with Crippen LogP contribution in [0, 0.1) is 11.3 Å². The third-order valence-corrected chi connectivity index (χ3v) is 2.30. The molecule has 1 aromatic rings. The smallest absolute Gasteiger partial charge is 0.335 e. The normalized spacial score (nSPS) is 9.50. The standard InChI is InChI=1S/C9H8N2O2S/c10-3-6-1-5(9(12)13)2-7(4-11)8(6)14/h1-2,14H,3,10H2,(H,12,13). The molecule has 0 saturated heterocycles. The van der Waals surface area contributed by atoms with E-state index in [9.17, 15) is 4.79 Å². The minimum atomic E-state index is -1.08. The first-order valence-corrected chi connectivity index (χ1v) is 4.24. The highest BCUT2D eigenvalue weighted by Crippen LogP contribution is 2.20. The van der Waals surface area contributed by atoms with E-state index >= 15 is 0 Å². The van der Waals surface area contributed by atoms with Gasteiger partial charge < -0.3 is 10.8 Å². The van der Waals surface area contributed by atoms with Crippen LogP contribution in [0.25, 0.3) is 0 Å². The molecule has 1 aromatic carbocycles. The summed E-state index contributed by atoms with van der Waals surface area (Å²) in [6.45, 7) is 0.161. The predicted octanol–water partition coefficient (Wildman–Crippen LogP) is 1.00. The summed E-state index contributed by atoms with van der Waals surface area (Å²) in [5, 5.41) is 17.5. The average Bonchev–Trinajstić information content (AvgIpc) is 2.17. The fraction of sp³-hybridized carbons (Fsp3) is 0.111. The maximum absolute atomic E-state index is 10.7. The molecule has 0 aromatic heterocycles. The van der Waals surface area contributed by atoms with Crippen LogP contribution in [0.15, 0.2) is 17.0 Å². The molecule has 5 heteroatoms. The van der Waals surface area contributed by atoms with E-state index in [-0.39, 0.29) is 17.7 Å². The van der Waals surface area contributed by atoms with Gasteiger partial charge in [0.05, 0.1) is 11.1 Å². The summed E-state index contributed by atoms with van der Waals surface area (Å²) >= 11 is 4.09. The zero-order valence-corrected chi connectivity index (χ0v) is 8.08. The van der Waals surface area contributed by atoms with Crippen molar-refractivity contribution in [1.29, 1.82) is 5.26 Å². The summed E-state index contributed by atoms with van der Waals surface area (Å²) in [6, 6.07) is 4.57. The van der Waals surface area contributed by atoms with Crippen LogP contribution >= 0.6 is 12.6 Å². The van der Waals surface area contributed by atoms with Crippen LogP contribution in [-0.2, 0) is 6.54 Å². The van der Waals surface area contributed by atoms with Crippen LogP contribution < -0.4 is 5.73 Å². The SMILES string of the molecule is N#Cc1cc(C(=O)O)cc(CN)c1S. The Morgan fingerprint density at radius 3 is 2.71 bits per heavy atom. The topological polar surface area (TPSA) is 87.1 Å². The number of hydrogen-bond donors (Lipinski definition) is 3. The Labute approximate surface area is 86.4 Å². The van der Waals surface area contributed by atoms with Crippen molar-refractivity contribution in [3.8, 4) is 6.07 Å². The average molecular weight is 208 g/mol. The summed E-state index contributed by atoms with van der Waals surface area (Å²) in [6.07, 6.45) is 0. The Balaban J connectivity index is 3.41. The minimum Gasteiger partial charge on any atom is -0.478 e. The van der Waals surface area contributed by atoms with Gasteiger partial charge in [-0.1, -0.05) is 0 Å². The summed E-state index contributed by atoms with van der Waals surface area (Å²) in [7, 11) is 0. The third kappa shape index (κ3) is 1.87. The molecule has 0 aliphatic rings. The van der Waals surface area contributed by atoms with Crippen LogP contribution in [-0.4, -0.2) is 11.1 Å². The maximum atomic E-state index is 10.7. The van der Waals surface area contributed by atoms with Gasteiger partial charge in [-0.05, 0) is 17.7 Å². The quantitative estimate of drug-likeness (QED) is 0.633. The number of nitriles is 1. The summed E-state index contributed by atoms with van der Waals surface area (Å²) in [5.41, 5.74) is 6.24. The fourth-order valence-electron chi connectivity index (χ4n) is 1.06. The Morgan fingerprint density at radius 1 is 1.64 bits per heavy atom. The molecule has 0 unspecified atom stereocenters. The van der Waals surface area contributed by atoms with Gasteiger partial charge in [-0.2, -0.15) is 5.26 Å². The van der Waals surface area contributed by atoms with Gasteiger partial charge in [-0.25, -0.2) is 4.79 Å². The van der Waals surface area contributed by atoms with Gasteiger partial charge in [0.2, 0.25) is 0 Å². The van der Waals surface area contributed by atoms with Crippen molar-refractivity contribution in [1.82, 2.24) is 0 Å². The number of hydrogen-bond acceptors (Lipinski definition) is 4. The van der Waals surface area contributed by atoms with Crippen molar-refractivity contribution in [3.63, 3.8) is 0 Å². The highest BCUT2D eigenvalue weighted by molar-refractivity contribution is 7.80. The summed E-state index contributed by atoms with van der Waals surface area (Å²) in [5.74, 6) is -1.08. The molecule has 3 N–H and O–H groups in total. The number of aromatic carboxylic acids is 1. The molecule has 0 amide bonds. The molecular formula is C9H8N2O2S. The van der Waals surface area contributed by atoms with Crippen molar-refractivity contribution in [3.05, 3.63) is 28.8 Å². The van der Waals surface area contributed by atoms with E-state index in [0.717, 1.165) is 0 Å². The third-order valence-electron chi connectivity index (χ3n) is 1.78. The molecule has 0 bridgehead atoms. The van der Waals surface area contributed by atoms with Crippen LogP contribution in [0.3, 0.4) is 0 Å². The van der Waals surface area contributed by atoms with E-state index in [1.165, 1.54) is 12.1 Å². The van der Waals surface area contributed by atoms with Crippen molar-refractivity contribution in [2.75, 3.05) is 0 Å². The van der Waals surface area contributed by atoms with Crippen molar-refractivity contribution < 1.29 is 9.90 Å². The zero-order chi connectivity index (χ0) is 10.7. The minimum absolute atomic E-state index is 0.0554. The highest BCUT2D eigenvalue weighted by Gasteiger charge is 2.10. The molecule has 0 spiro atoms. The predicted molar refractivity (Wildman–Crippen MR) is 53.3 cm³/mol. The Kier molecular flexibility index (Phi) is 3.12. The molecular weight excluding hydrogens is 200 g/mol. The lowest BCUT2D eigenvalue weighted by molar-refractivity contribution is 0.0696. The second kappa shape index (κ2) is 4.13. The summed E-state index contributed by atoms with van der Waals surface area (Å²) < 4.78 is 0. The van der Waals surface area contributed by atoms with Crippen molar-refractivity contribution >= 4 is 18.6 Å². The number of thiol groups is 1. The molecule has 4 nitrogen and oxygen atoms in total. The Hall–Kier alpha value is -1.51. The molecule has 0 atom stereocenters. The molecule has 0 saturated carbocycles. The lowest BCUT2D eigenvalue weighted by Crippen LogP contribution is -2.04. The molecule has 0 heterocycles. The number of carbonyl (C=O) groups is 1. The first kappa shape index (κ1) is 10.6. The van der Waals surface area contributed by atoms with Gasteiger partial charge in [0.25, 0.3) is 0 Å². The second-order valence-corrected chi connectivity index (χ2v) is 3.10. The van der Waals surface area contributed by atoms with Gasteiger partial charge in [0, 0.05) is 11.4 Å². The lowest BCUT2D eigenvalue weighted by Gasteiger charge is -2.05. The zero-order valence-electron chi connectivity index (χ0n) is 7.19. The molecule has 0 aliphatic carbocycles. The molecule has 72 valence electrons. The molecule has 0 fully saturated rings. The number of nitrogens with zero attached hydrogens (tertiary/aromatic N) is 1. The van der Waals surface area contributed by atoms with E-state index in [0.29, 0.717) is 10.5 Å². The Morgan fingerprint density at radius 2 is 2.29 bits per heavy atom. The van der Waals surface area contributed by atoms with Gasteiger partial charge in [0.15, 0.2) is 0 Å². The monoisotopic (exact) mass is 208 g/mol. The number of carboxylic acids is 1. The largest absolute Gasteiger partial charge is 0.478 e. The number of nitrogens with two attached hydrogens (primary N) is 1. The second-order valence-electron chi connectivity index (χ2n) is 2.65. The van der Waals surface area contributed by atoms with E-state index in [4.69, 9.17) is 16.1 Å². The highest BCUT2D eigenvalue weighted by atomic mass is 32.1.